The number of carbonyl (C=O) groups excluding carboxylic acids is 1. The zero-order chi connectivity index (χ0) is 12.3. The lowest BCUT2D eigenvalue weighted by Gasteiger charge is -2.08. The monoisotopic (exact) mass is 238 g/mol. The molecule has 1 amide bonds. The minimum atomic E-state index is -0.517. The number of nitrogens with one attached hydrogen (secondary N) is 1. The third-order valence-corrected chi connectivity index (χ3v) is 2.73. The predicted octanol–water partition coefficient (Wildman–Crippen LogP) is 0.348. The van der Waals surface area contributed by atoms with Crippen LogP contribution >= 0.6 is 0 Å². The van der Waals surface area contributed by atoms with Gasteiger partial charge in [0.2, 0.25) is 5.91 Å². The van der Waals surface area contributed by atoms with E-state index in [1.54, 1.807) is 24.0 Å². The maximum atomic E-state index is 11.4. The van der Waals surface area contributed by atoms with Gasteiger partial charge in [0, 0.05) is 12.8 Å². The van der Waals surface area contributed by atoms with E-state index in [1.165, 1.54) is 0 Å². The van der Waals surface area contributed by atoms with E-state index in [-0.39, 0.29) is 12.0 Å². The molecule has 3 N–H and O–H groups in total. The first kappa shape index (κ1) is 12.1. The zero-order valence-corrected chi connectivity index (χ0v) is 9.93. The molecule has 6 heteroatoms. The summed E-state index contributed by atoms with van der Waals surface area (Å²) in [6, 6.07) is -0.517. The van der Waals surface area contributed by atoms with Gasteiger partial charge in [-0.3, -0.25) is 9.48 Å². The number of ether oxygens (including phenoxy) is 1. The lowest BCUT2D eigenvalue weighted by Crippen LogP contribution is -2.32. The first-order valence-corrected chi connectivity index (χ1v) is 5.85. The van der Waals surface area contributed by atoms with E-state index in [9.17, 15) is 4.79 Å². The molecule has 0 radical (unpaired) electrons. The fraction of sp³-hybridized carbons (Fsp3) is 0.636. The highest BCUT2D eigenvalue weighted by atomic mass is 16.5. The smallest absolute Gasteiger partial charge is 0.241 e. The number of rotatable bonds is 4. The molecule has 6 nitrogen and oxygen atoms in total. The van der Waals surface area contributed by atoms with Gasteiger partial charge in [-0.25, -0.2) is 0 Å². The average molecular weight is 238 g/mol. The van der Waals surface area contributed by atoms with Gasteiger partial charge in [0.1, 0.15) is 0 Å². The molecule has 1 fully saturated rings. The fourth-order valence-electron chi connectivity index (χ4n) is 1.78. The Kier molecular flexibility index (Phi) is 3.75. The van der Waals surface area contributed by atoms with Gasteiger partial charge in [-0.15, -0.1) is 0 Å². The number of nitrogens with two attached hydrogens (primary N) is 1. The standard InChI is InChI=1S/C11H18N4O2/c1-8(12)11(16)14-9-5-13-15(6-9)7-10-3-2-4-17-10/h5-6,8,10H,2-4,7,12H2,1H3,(H,14,16)/t8-,10?/m1/s1. The van der Waals surface area contributed by atoms with Crippen molar-refractivity contribution in [1.82, 2.24) is 9.78 Å². The Morgan fingerprint density at radius 3 is 3.29 bits per heavy atom. The van der Waals surface area contributed by atoms with Crippen molar-refractivity contribution >= 4 is 11.6 Å². The quantitative estimate of drug-likeness (QED) is 0.793. The summed E-state index contributed by atoms with van der Waals surface area (Å²) in [6.07, 6.45) is 5.84. The minimum Gasteiger partial charge on any atom is -0.376 e. The summed E-state index contributed by atoms with van der Waals surface area (Å²) in [4.78, 5) is 11.4. The second-order valence-electron chi connectivity index (χ2n) is 4.36. The first-order valence-electron chi connectivity index (χ1n) is 5.85. The largest absolute Gasteiger partial charge is 0.376 e. The lowest BCUT2D eigenvalue weighted by atomic mass is 10.2. The van der Waals surface area contributed by atoms with Gasteiger partial charge in [0.15, 0.2) is 0 Å². The molecule has 1 aromatic rings. The molecule has 2 rings (SSSR count). The molecule has 2 atom stereocenters. The molecule has 0 spiro atoms. The molecule has 1 aliphatic rings. The second kappa shape index (κ2) is 5.29. The molecule has 0 aromatic carbocycles. The molecule has 1 saturated heterocycles. The molecule has 1 aliphatic heterocycles. The minimum absolute atomic E-state index is 0.207. The summed E-state index contributed by atoms with van der Waals surface area (Å²) < 4.78 is 7.30. The summed E-state index contributed by atoms with van der Waals surface area (Å²) in [7, 11) is 0. The van der Waals surface area contributed by atoms with E-state index in [0.29, 0.717) is 5.69 Å². The number of amides is 1. The third-order valence-electron chi connectivity index (χ3n) is 2.73. The summed E-state index contributed by atoms with van der Waals surface area (Å²) in [5.74, 6) is -0.207. The Labute approximate surface area is 100 Å². The van der Waals surface area contributed by atoms with Crippen LogP contribution in [0.2, 0.25) is 0 Å². The SMILES string of the molecule is C[C@@H](N)C(=O)Nc1cnn(CC2CCCO2)c1. The van der Waals surface area contributed by atoms with E-state index in [1.807, 2.05) is 0 Å². The van der Waals surface area contributed by atoms with Crippen LogP contribution in [0, 0.1) is 0 Å². The van der Waals surface area contributed by atoms with Crippen molar-refractivity contribution in [1.29, 1.82) is 0 Å². The molecular formula is C11H18N4O2. The maximum absolute atomic E-state index is 11.4. The van der Waals surface area contributed by atoms with Gasteiger partial charge in [-0.05, 0) is 19.8 Å². The number of hydrogen-bond acceptors (Lipinski definition) is 4. The zero-order valence-electron chi connectivity index (χ0n) is 9.93. The van der Waals surface area contributed by atoms with Crippen molar-refractivity contribution in [2.24, 2.45) is 5.73 Å². The van der Waals surface area contributed by atoms with E-state index in [2.05, 4.69) is 10.4 Å². The molecular weight excluding hydrogens is 220 g/mol. The van der Waals surface area contributed by atoms with Gasteiger partial charge >= 0.3 is 0 Å². The Hall–Kier alpha value is -1.40. The Morgan fingerprint density at radius 2 is 2.65 bits per heavy atom. The number of nitrogens with zero attached hydrogens (tertiary/aromatic N) is 2. The molecule has 17 heavy (non-hydrogen) atoms. The van der Waals surface area contributed by atoms with Gasteiger partial charge in [-0.2, -0.15) is 5.10 Å². The summed E-state index contributed by atoms with van der Waals surface area (Å²) in [6.45, 7) is 3.21. The highest BCUT2D eigenvalue weighted by Crippen LogP contribution is 2.14. The van der Waals surface area contributed by atoms with E-state index < -0.39 is 6.04 Å². The number of anilines is 1. The summed E-state index contributed by atoms with van der Waals surface area (Å²) in [5.41, 5.74) is 6.13. The molecule has 2 heterocycles. The number of aromatic nitrogens is 2. The molecule has 94 valence electrons. The lowest BCUT2D eigenvalue weighted by molar-refractivity contribution is -0.117. The first-order chi connectivity index (χ1) is 8.15. The van der Waals surface area contributed by atoms with Crippen molar-refractivity contribution in [2.75, 3.05) is 11.9 Å². The fourth-order valence-corrected chi connectivity index (χ4v) is 1.78. The van der Waals surface area contributed by atoms with Gasteiger partial charge in [0.05, 0.1) is 30.6 Å². The van der Waals surface area contributed by atoms with Crippen LogP contribution in [-0.2, 0) is 16.1 Å². The summed E-state index contributed by atoms with van der Waals surface area (Å²) >= 11 is 0. The topological polar surface area (TPSA) is 82.2 Å². The van der Waals surface area contributed by atoms with Crippen molar-refractivity contribution in [3.63, 3.8) is 0 Å². The van der Waals surface area contributed by atoms with Crippen molar-refractivity contribution in [3.8, 4) is 0 Å². The second-order valence-corrected chi connectivity index (χ2v) is 4.36. The van der Waals surface area contributed by atoms with Gasteiger partial charge in [0.25, 0.3) is 0 Å². The maximum Gasteiger partial charge on any atom is 0.241 e. The van der Waals surface area contributed by atoms with Gasteiger partial charge in [-0.1, -0.05) is 0 Å². The highest BCUT2D eigenvalue weighted by molar-refractivity contribution is 5.94. The molecule has 0 saturated carbocycles. The van der Waals surface area contributed by atoms with Crippen LogP contribution in [0.1, 0.15) is 19.8 Å². The van der Waals surface area contributed by atoms with Crippen LogP contribution in [0.3, 0.4) is 0 Å². The van der Waals surface area contributed by atoms with Crippen LogP contribution in [0.25, 0.3) is 0 Å². The van der Waals surface area contributed by atoms with Crippen molar-refractivity contribution in [3.05, 3.63) is 12.4 Å². The normalized spacial score (nSPS) is 21.4. The van der Waals surface area contributed by atoms with Crippen LogP contribution < -0.4 is 11.1 Å². The van der Waals surface area contributed by atoms with E-state index in [4.69, 9.17) is 10.5 Å². The van der Waals surface area contributed by atoms with Crippen LogP contribution in [0.5, 0.6) is 0 Å². The van der Waals surface area contributed by atoms with Crippen LogP contribution in [0.4, 0.5) is 5.69 Å². The van der Waals surface area contributed by atoms with Crippen LogP contribution in [-0.4, -0.2) is 34.4 Å². The van der Waals surface area contributed by atoms with E-state index >= 15 is 0 Å². The Balaban J connectivity index is 1.89. The third kappa shape index (κ3) is 3.28. The Morgan fingerprint density at radius 1 is 1.82 bits per heavy atom. The highest BCUT2D eigenvalue weighted by Gasteiger charge is 2.16. The molecule has 0 aliphatic carbocycles. The van der Waals surface area contributed by atoms with Crippen molar-refractivity contribution < 1.29 is 9.53 Å². The molecule has 1 aromatic heterocycles. The van der Waals surface area contributed by atoms with Gasteiger partial charge < -0.3 is 15.8 Å². The number of carbonyl (C=O) groups is 1. The predicted molar refractivity (Wildman–Crippen MR) is 63.5 cm³/mol. The average Bonchev–Trinajstić information content (AvgIpc) is 2.91. The van der Waals surface area contributed by atoms with E-state index in [0.717, 1.165) is 26.0 Å². The number of hydrogen-bond donors (Lipinski definition) is 2. The van der Waals surface area contributed by atoms with Crippen molar-refractivity contribution in [2.45, 2.75) is 38.5 Å². The van der Waals surface area contributed by atoms with Crippen LogP contribution in [0.15, 0.2) is 12.4 Å². The summed E-state index contributed by atoms with van der Waals surface area (Å²) in [5, 5.41) is 6.87. The molecule has 0 bridgehead atoms. The molecule has 1 unspecified atom stereocenters. The Bertz CT molecular complexity index is 383.